The first-order chi connectivity index (χ1) is 8.63. The van der Waals surface area contributed by atoms with Crippen LogP contribution < -0.4 is 5.73 Å². The van der Waals surface area contributed by atoms with Gasteiger partial charge in [-0.15, -0.1) is 0 Å². The third-order valence-electron chi connectivity index (χ3n) is 2.82. The van der Waals surface area contributed by atoms with Gasteiger partial charge < -0.3 is 15.3 Å². The Labute approximate surface area is 104 Å². The van der Waals surface area contributed by atoms with E-state index in [9.17, 15) is 5.11 Å². The maximum atomic E-state index is 9.59. The summed E-state index contributed by atoms with van der Waals surface area (Å²) in [6, 6.07) is 10.8. The molecular weight excluding hydrogens is 228 g/mol. The number of phenols is 1. The third-order valence-corrected chi connectivity index (χ3v) is 2.82. The van der Waals surface area contributed by atoms with Crippen LogP contribution in [-0.4, -0.2) is 10.1 Å². The molecule has 0 bridgehead atoms. The molecule has 1 heterocycles. The molecule has 0 amide bonds. The van der Waals surface area contributed by atoms with Crippen molar-refractivity contribution in [1.29, 1.82) is 0 Å². The predicted molar refractivity (Wildman–Crippen MR) is 70.3 cm³/mol. The fourth-order valence-corrected chi connectivity index (χ4v) is 1.83. The van der Waals surface area contributed by atoms with Crippen LogP contribution in [0.2, 0.25) is 0 Å². The van der Waals surface area contributed by atoms with Crippen molar-refractivity contribution in [2.24, 2.45) is 0 Å². The fraction of sp³-hybridized carbons (Fsp3) is 0.0714. The van der Waals surface area contributed by atoms with Gasteiger partial charge in [0.2, 0.25) is 5.89 Å². The van der Waals surface area contributed by atoms with E-state index in [-0.39, 0.29) is 5.75 Å². The Bertz CT molecular complexity index is 732. The monoisotopic (exact) mass is 240 g/mol. The first-order valence-corrected chi connectivity index (χ1v) is 5.59. The van der Waals surface area contributed by atoms with Gasteiger partial charge >= 0.3 is 0 Å². The number of benzene rings is 2. The molecule has 0 saturated heterocycles. The number of oxazole rings is 1. The number of nitrogen functional groups attached to an aromatic ring is 1. The maximum absolute atomic E-state index is 9.59. The smallest absolute Gasteiger partial charge is 0.227 e. The number of anilines is 1. The van der Waals surface area contributed by atoms with E-state index < -0.39 is 0 Å². The zero-order chi connectivity index (χ0) is 12.7. The van der Waals surface area contributed by atoms with Gasteiger partial charge in [0.05, 0.1) is 5.69 Å². The minimum atomic E-state index is 0.0333. The molecule has 3 aromatic rings. The summed E-state index contributed by atoms with van der Waals surface area (Å²) in [7, 11) is 0. The van der Waals surface area contributed by atoms with E-state index in [1.165, 1.54) is 0 Å². The van der Waals surface area contributed by atoms with Crippen molar-refractivity contribution < 1.29 is 9.52 Å². The second kappa shape index (κ2) is 3.77. The average Bonchev–Trinajstić information content (AvgIpc) is 2.75. The van der Waals surface area contributed by atoms with Crippen molar-refractivity contribution in [1.82, 2.24) is 4.98 Å². The molecule has 0 fully saturated rings. The van der Waals surface area contributed by atoms with Crippen molar-refractivity contribution >= 4 is 16.8 Å². The number of rotatable bonds is 1. The van der Waals surface area contributed by atoms with Crippen LogP contribution in [0.5, 0.6) is 5.75 Å². The number of hydrogen-bond acceptors (Lipinski definition) is 4. The Hall–Kier alpha value is -2.49. The predicted octanol–water partition coefficient (Wildman–Crippen LogP) is 3.09. The SMILES string of the molecule is Cc1ccc2nc(-c3ccc(N)c(O)c3)oc2c1. The number of aromatic hydroxyl groups is 1. The molecular formula is C14H12N2O2. The molecule has 4 heteroatoms. The summed E-state index contributed by atoms with van der Waals surface area (Å²) in [5, 5.41) is 9.59. The molecule has 0 unspecified atom stereocenters. The molecule has 1 aromatic heterocycles. The Morgan fingerprint density at radius 2 is 2.00 bits per heavy atom. The highest BCUT2D eigenvalue weighted by Crippen LogP contribution is 2.29. The summed E-state index contributed by atoms with van der Waals surface area (Å²) in [6.45, 7) is 2.00. The van der Waals surface area contributed by atoms with Gasteiger partial charge in [0.1, 0.15) is 11.3 Å². The van der Waals surface area contributed by atoms with Crippen molar-refractivity contribution in [3.05, 3.63) is 42.0 Å². The van der Waals surface area contributed by atoms with Gasteiger partial charge in [-0.3, -0.25) is 0 Å². The maximum Gasteiger partial charge on any atom is 0.227 e. The average molecular weight is 240 g/mol. The molecule has 18 heavy (non-hydrogen) atoms. The van der Waals surface area contributed by atoms with Gasteiger partial charge in [0.25, 0.3) is 0 Å². The zero-order valence-corrected chi connectivity index (χ0v) is 9.84. The highest BCUT2D eigenvalue weighted by molar-refractivity contribution is 5.77. The van der Waals surface area contributed by atoms with Gasteiger partial charge in [-0.05, 0) is 42.8 Å². The van der Waals surface area contributed by atoms with Crippen LogP contribution in [0.15, 0.2) is 40.8 Å². The van der Waals surface area contributed by atoms with Gasteiger partial charge in [0.15, 0.2) is 5.58 Å². The van der Waals surface area contributed by atoms with Crippen LogP contribution in [-0.2, 0) is 0 Å². The largest absolute Gasteiger partial charge is 0.506 e. The fourth-order valence-electron chi connectivity index (χ4n) is 1.83. The number of aromatic nitrogens is 1. The third kappa shape index (κ3) is 1.68. The molecule has 90 valence electrons. The van der Waals surface area contributed by atoms with Crippen LogP contribution in [0.4, 0.5) is 5.69 Å². The molecule has 0 spiro atoms. The Morgan fingerprint density at radius 3 is 2.78 bits per heavy atom. The van der Waals surface area contributed by atoms with E-state index in [0.29, 0.717) is 17.1 Å². The first kappa shape index (κ1) is 10.7. The minimum Gasteiger partial charge on any atom is -0.506 e. The standard InChI is InChI=1S/C14H12N2O2/c1-8-2-5-11-13(6-8)18-14(16-11)9-3-4-10(15)12(17)7-9/h2-7,17H,15H2,1H3. The molecule has 0 aliphatic heterocycles. The lowest BCUT2D eigenvalue weighted by Crippen LogP contribution is -1.85. The number of nitrogens with two attached hydrogens (primary N) is 1. The number of aryl methyl sites for hydroxylation is 1. The Kier molecular flexibility index (Phi) is 2.23. The summed E-state index contributed by atoms with van der Waals surface area (Å²) >= 11 is 0. The minimum absolute atomic E-state index is 0.0333. The van der Waals surface area contributed by atoms with E-state index in [0.717, 1.165) is 16.7 Å². The second-order valence-corrected chi connectivity index (χ2v) is 4.26. The summed E-state index contributed by atoms with van der Waals surface area (Å²) in [6.07, 6.45) is 0. The lowest BCUT2D eigenvalue weighted by molar-refractivity contribution is 0.478. The highest BCUT2D eigenvalue weighted by Gasteiger charge is 2.09. The topological polar surface area (TPSA) is 72.3 Å². The van der Waals surface area contributed by atoms with Crippen LogP contribution in [0, 0.1) is 6.92 Å². The van der Waals surface area contributed by atoms with E-state index in [1.807, 2.05) is 25.1 Å². The van der Waals surface area contributed by atoms with E-state index >= 15 is 0 Å². The number of nitrogens with zero attached hydrogens (tertiary/aromatic N) is 1. The quantitative estimate of drug-likeness (QED) is 0.506. The molecule has 0 saturated carbocycles. The Balaban J connectivity index is 2.16. The number of hydrogen-bond donors (Lipinski definition) is 2. The van der Waals surface area contributed by atoms with Crippen LogP contribution >= 0.6 is 0 Å². The van der Waals surface area contributed by atoms with Crippen molar-refractivity contribution in [2.75, 3.05) is 5.73 Å². The molecule has 4 nitrogen and oxygen atoms in total. The number of fused-ring (bicyclic) bond motifs is 1. The van der Waals surface area contributed by atoms with E-state index in [1.54, 1.807) is 18.2 Å². The molecule has 3 rings (SSSR count). The lowest BCUT2D eigenvalue weighted by atomic mass is 10.2. The molecule has 0 aliphatic carbocycles. The van der Waals surface area contributed by atoms with E-state index in [4.69, 9.17) is 10.2 Å². The number of phenolic OH excluding ortho intramolecular Hbond substituents is 1. The van der Waals surface area contributed by atoms with Crippen LogP contribution in [0.25, 0.3) is 22.6 Å². The van der Waals surface area contributed by atoms with Crippen LogP contribution in [0.1, 0.15) is 5.56 Å². The summed E-state index contributed by atoms with van der Waals surface area (Å²) in [5.74, 6) is 0.511. The van der Waals surface area contributed by atoms with Gasteiger partial charge in [-0.2, -0.15) is 0 Å². The normalized spacial score (nSPS) is 10.9. The lowest BCUT2D eigenvalue weighted by Gasteiger charge is -1.99. The molecule has 0 atom stereocenters. The summed E-state index contributed by atoms with van der Waals surface area (Å²) < 4.78 is 5.67. The van der Waals surface area contributed by atoms with Crippen molar-refractivity contribution in [3.8, 4) is 17.2 Å². The second-order valence-electron chi connectivity index (χ2n) is 4.26. The Morgan fingerprint density at radius 1 is 1.17 bits per heavy atom. The molecule has 0 aliphatic rings. The molecule has 3 N–H and O–H groups in total. The van der Waals surface area contributed by atoms with E-state index in [2.05, 4.69) is 4.98 Å². The van der Waals surface area contributed by atoms with Gasteiger partial charge in [-0.1, -0.05) is 6.07 Å². The summed E-state index contributed by atoms with van der Waals surface area (Å²) in [5.41, 5.74) is 9.26. The first-order valence-electron chi connectivity index (χ1n) is 5.59. The zero-order valence-electron chi connectivity index (χ0n) is 9.84. The van der Waals surface area contributed by atoms with Gasteiger partial charge in [0, 0.05) is 5.56 Å². The van der Waals surface area contributed by atoms with Gasteiger partial charge in [-0.25, -0.2) is 4.98 Å². The van der Waals surface area contributed by atoms with Crippen molar-refractivity contribution in [2.45, 2.75) is 6.92 Å². The highest BCUT2D eigenvalue weighted by atomic mass is 16.3. The molecule has 2 aromatic carbocycles. The molecule has 0 radical (unpaired) electrons. The van der Waals surface area contributed by atoms with Crippen LogP contribution in [0.3, 0.4) is 0 Å². The van der Waals surface area contributed by atoms with Crippen molar-refractivity contribution in [3.63, 3.8) is 0 Å². The summed E-state index contributed by atoms with van der Waals surface area (Å²) in [4.78, 5) is 4.38.